The van der Waals surface area contributed by atoms with Crippen LogP contribution in [0.2, 0.25) is 0 Å². The number of carbonyl (C=O) groups excluding carboxylic acids is 1. The normalized spacial score (nSPS) is 12.6. The van der Waals surface area contributed by atoms with Crippen molar-refractivity contribution in [3.8, 4) is 12.3 Å². The van der Waals surface area contributed by atoms with Crippen molar-refractivity contribution in [3.05, 3.63) is 29.8 Å². The lowest BCUT2D eigenvalue weighted by Crippen LogP contribution is -2.44. The van der Waals surface area contributed by atoms with Gasteiger partial charge in [-0.15, -0.1) is 12.3 Å². The summed E-state index contributed by atoms with van der Waals surface area (Å²) in [5.41, 5.74) is 6.67. The number of benzene rings is 1. The van der Waals surface area contributed by atoms with Gasteiger partial charge in [0.2, 0.25) is 5.91 Å². The minimum absolute atomic E-state index is 0.0180. The highest BCUT2D eigenvalue weighted by Gasteiger charge is 2.30. The molecule has 96 valence electrons. The van der Waals surface area contributed by atoms with Gasteiger partial charge < -0.3 is 11.1 Å². The Kier molecular flexibility index (Phi) is 4.38. The number of nitrogen functional groups attached to an aromatic ring is 1. The van der Waals surface area contributed by atoms with Crippen molar-refractivity contribution >= 4 is 11.6 Å². The number of terminal acetylenes is 1. The van der Waals surface area contributed by atoms with Crippen LogP contribution < -0.4 is 11.1 Å². The molecule has 0 aliphatic rings. The van der Waals surface area contributed by atoms with Gasteiger partial charge in [0.15, 0.2) is 0 Å². The molecule has 0 aliphatic heterocycles. The van der Waals surface area contributed by atoms with Gasteiger partial charge in [-0.05, 0) is 38.5 Å². The van der Waals surface area contributed by atoms with E-state index in [-0.39, 0.29) is 11.9 Å². The highest BCUT2D eigenvalue weighted by molar-refractivity contribution is 5.87. The lowest BCUT2D eigenvalue weighted by molar-refractivity contribution is -0.126. The van der Waals surface area contributed by atoms with Crippen LogP contribution in [0.3, 0.4) is 0 Å². The van der Waals surface area contributed by atoms with Crippen LogP contribution in [0, 0.1) is 12.3 Å². The van der Waals surface area contributed by atoms with E-state index in [1.54, 1.807) is 12.1 Å². The molecular weight excluding hydrogens is 224 g/mol. The largest absolute Gasteiger partial charge is 0.399 e. The smallest absolute Gasteiger partial charge is 0.230 e. The summed E-state index contributed by atoms with van der Waals surface area (Å²) in [6, 6.07) is 7.34. The van der Waals surface area contributed by atoms with Gasteiger partial charge in [-0.25, -0.2) is 0 Å². The van der Waals surface area contributed by atoms with E-state index in [9.17, 15) is 4.79 Å². The first-order valence-electron chi connectivity index (χ1n) is 5.98. The molecule has 3 heteroatoms. The van der Waals surface area contributed by atoms with Crippen molar-refractivity contribution in [1.29, 1.82) is 0 Å². The number of rotatable bonds is 4. The van der Waals surface area contributed by atoms with Gasteiger partial charge in [0.25, 0.3) is 0 Å². The van der Waals surface area contributed by atoms with Gasteiger partial charge in [-0.1, -0.05) is 12.1 Å². The van der Waals surface area contributed by atoms with Gasteiger partial charge in [-0.2, -0.15) is 0 Å². The molecule has 0 spiro atoms. The zero-order valence-corrected chi connectivity index (χ0v) is 11.2. The third-order valence-electron chi connectivity index (χ3n) is 3.00. The predicted molar refractivity (Wildman–Crippen MR) is 74.9 cm³/mol. The molecule has 1 aromatic carbocycles. The summed E-state index contributed by atoms with van der Waals surface area (Å²) >= 11 is 0. The van der Waals surface area contributed by atoms with Crippen molar-refractivity contribution in [3.63, 3.8) is 0 Å². The second kappa shape index (κ2) is 5.59. The zero-order chi connectivity index (χ0) is 13.8. The van der Waals surface area contributed by atoms with E-state index in [1.807, 2.05) is 32.9 Å². The molecule has 0 bridgehead atoms. The number of anilines is 1. The van der Waals surface area contributed by atoms with Crippen LogP contribution in [0.1, 0.15) is 32.8 Å². The minimum atomic E-state index is -0.601. The Morgan fingerprint density at radius 1 is 1.44 bits per heavy atom. The van der Waals surface area contributed by atoms with Gasteiger partial charge in [-0.3, -0.25) is 4.79 Å². The number of hydrogen-bond donors (Lipinski definition) is 2. The second-order valence-corrected chi connectivity index (χ2v) is 5.03. The Hall–Kier alpha value is -1.95. The van der Waals surface area contributed by atoms with Crippen LogP contribution in [-0.2, 0) is 10.2 Å². The van der Waals surface area contributed by atoms with Crippen molar-refractivity contribution in [2.45, 2.75) is 38.6 Å². The summed E-state index contributed by atoms with van der Waals surface area (Å²) in [4.78, 5) is 12.2. The number of hydrogen-bond acceptors (Lipinski definition) is 2. The van der Waals surface area contributed by atoms with E-state index in [0.29, 0.717) is 12.1 Å². The number of nitrogens with one attached hydrogen (secondary N) is 1. The molecule has 0 aliphatic carbocycles. The molecule has 1 rings (SSSR count). The predicted octanol–water partition coefficient (Wildman–Crippen LogP) is 2.07. The van der Waals surface area contributed by atoms with E-state index in [1.165, 1.54) is 0 Å². The van der Waals surface area contributed by atoms with Crippen LogP contribution in [0.25, 0.3) is 0 Å². The van der Waals surface area contributed by atoms with Gasteiger partial charge in [0.1, 0.15) is 0 Å². The quantitative estimate of drug-likeness (QED) is 0.629. The van der Waals surface area contributed by atoms with E-state index in [0.717, 1.165) is 5.56 Å². The molecule has 1 atom stereocenters. The van der Waals surface area contributed by atoms with Crippen molar-refractivity contribution in [2.75, 3.05) is 5.73 Å². The van der Waals surface area contributed by atoms with E-state index in [4.69, 9.17) is 12.2 Å². The molecule has 3 N–H and O–H groups in total. The van der Waals surface area contributed by atoms with Gasteiger partial charge in [0, 0.05) is 18.2 Å². The molecule has 0 radical (unpaired) electrons. The molecule has 1 aromatic rings. The second-order valence-electron chi connectivity index (χ2n) is 5.03. The average Bonchev–Trinajstić information content (AvgIpc) is 2.29. The molecule has 0 aromatic heterocycles. The topological polar surface area (TPSA) is 55.1 Å². The highest BCUT2D eigenvalue weighted by Crippen LogP contribution is 2.24. The highest BCUT2D eigenvalue weighted by atomic mass is 16.2. The molecule has 1 amide bonds. The van der Waals surface area contributed by atoms with E-state index < -0.39 is 5.41 Å². The molecular formula is C15H20N2O. The number of amides is 1. The molecule has 0 heterocycles. The van der Waals surface area contributed by atoms with E-state index >= 15 is 0 Å². The molecule has 0 saturated heterocycles. The maximum atomic E-state index is 12.2. The fraction of sp³-hybridized carbons (Fsp3) is 0.400. The van der Waals surface area contributed by atoms with Crippen molar-refractivity contribution < 1.29 is 4.79 Å². The first kappa shape index (κ1) is 14.1. The lowest BCUT2D eigenvalue weighted by atomic mass is 9.83. The third-order valence-corrected chi connectivity index (χ3v) is 3.00. The Morgan fingerprint density at radius 2 is 2.00 bits per heavy atom. The first-order chi connectivity index (χ1) is 8.37. The first-order valence-corrected chi connectivity index (χ1v) is 5.98. The standard InChI is InChI=1S/C15H20N2O/c1-5-6-11(2)17-14(18)15(3,4)12-7-9-13(16)10-8-12/h1,7-11H,6,16H2,2-4H3,(H,17,18). The van der Waals surface area contributed by atoms with Crippen molar-refractivity contribution in [1.82, 2.24) is 5.32 Å². The van der Waals surface area contributed by atoms with Gasteiger partial charge in [0.05, 0.1) is 5.41 Å². The van der Waals surface area contributed by atoms with Crippen LogP contribution in [0.4, 0.5) is 5.69 Å². The molecule has 18 heavy (non-hydrogen) atoms. The third kappa shape index (κ3) is 3.27. The van der Waals surface area contributed by atoms with Crippen LogP contribution >= 0.6 is 0 Å². The minimum Gasteiger partial charge on any atom is -0.399 e. The Balaban J connectivity index is 2.83. The molecule has 1 unspecified atom stereocenters. The Labute approximate surface area is 109 Å². The fourth-order valence-electron chi connectivity index (χ4n) is 1.66. The summed E-state index contributed by atoms with van der Waals surface area (Å²) < 4.78 is 0. The average molecular weight is 244 g/mol. The zero-order valence-electron chi connectivity index (χ0n) is 11.2. The summed E-state index contributed by atoms with van der Waals surface area (Å²) in [5, 5.41) is 2.92. The van der Waals surface area contributed by atoms with Gasteiger partial charge >= 0.3 is 0 Å². The molecule has 3 nitrogen and oxygen atoms in total. The fourth-order valence-corrected chi connectivity index (χ4v) is 1.66. The summed E-state index contributed by atoms with van der Waals surface area (Å²) in [6.45, 7) is 5.67. The maximum absolute atomic E-state index is 12.2. The van der Waals surface area contributed by atoms with Crippen LogP contribution in [0.5, 0.6) is 0 Å². The SMILES string of the molecule is C#CCC(C)NC(=O)C(C)(C)c1ccc(N)cc1. The lowest BCUT2D eigenvalue weighted by Gasteiger charge is -2.26. The number of nitrogens with two attached hydrogens (primary N) is 1. The monoisotopic (exact) mass is 244 g/mol. The molecule has 0 fully saturated rings. The molecule has 0 saturated carbocycles. The Bertz CT molecular complexity index is 454. The van der Waals surface area contributed by atoms with E-state index in [2.05, 4.69) is 11.2 Å². The summed E-state index contributed by atoms with van der Waals surface area (Å²) in [6.07, 6.45) is 5.76. The summed E-state index contributed by atoms with van der Waals surface area (Å²) in [5.74, 6) is 2.51. The maximum Gasteiger partial charge on any atom is 0.230 e. The van der Waals surface area contributed by atoms with Crippen molar-refractivity contribution in [2.24, 2.45) is 0 Å². The number of carbonyl (C=O) groups is 1. The Morgan fingerprint density at radius 3 is 2.50 bits per heavy atom. The van der Waals surface area contributed by atoms with Crippen LogP contribution in [0.15, 0.2) is 24.3 Å². The summed E-state index contributed by atoms with van der Waals surface area (Å²) in [7, 11) is 0. The van der Waals surface area contributed by atoms with Crippen LogP contribution in [-0.4, -0.2) is 11.9 Å².